The van der Waals surface area contributed by atoms with Crippen LogP contribution in [0.25, 0.3) is 0 Å². The van der Waals surface area contributed by atoms with Gasteiger partial charge in [-0.25, -0.2) is 4.79 Å². The Morgan fingerprint density at radius 2 is 1.42 bits per heavy atom. The van der Waals surface area contributed by atoms with Crippen LogP contribution in [0.5, 0.6) is 11.5 Å². The number of carbonyl (C=O) groups excluding carboxylic acids is 2. The minimum absolute atomic E-state index is 0.252. The number of benzene rings is 3. The van der Waals surface area contributed by atoms with Crippen molar-refractivity contribution >= 4 is 11.9 Å². The Kier molecular flexibility index (Phi) is 6.59. The van der Waals surface area contributed by atoms with Gasteiger partial charge in [-0.05, 0) is 24.3 Å². The van der Waals surface area contributed by atoms with Crippen molar-refractivity contribution in [3.05, 3.63) is 96.1 Å². The summed E-state index contributed by atoms with van der Waals surface area (Å²) < 4.78 is 17.0. The van der Waals surface area contributed by atoms with E-state index in [0.29, 0.717) is 43.4 Å². The molecule has 1 aliphatic rings. The molecule has 0 saturated carbocycles. The molecule has 0 unspecified atom stereocenters. The van der Waals surface area contributed by atoms with E-state index in [4.69, 9.17) is 14.2 Å². The van der Waals surface area contributed by atoms with E-state index in [0.717, 1.165) is 0 Å². The second-order valence-electron chi connectivity index (χ2n) is 7.04. The molecular weight excluding hydrogens is 394 g/mol. The quantitative estimate of drug-likeness (QED) is 0.562. The largest absolute Gasteiger partial charge is 0.456 e. The molecule has 0 aromatic heterocycles. The lowest BCUT2D eigenvalue weighted by atomic mass is 10.1. The molecular formula is C25H23NO5. The number of hydrogen-bond acceptors (Lipinski definition) is 5. The molecule has 31 heavy (non-hydrogen) atoms. The summed E-state index contributed by atoms with van der Waals surface area (Å²) in [4.78, 5) is 28.0. The molecule has 0 N–H and O–H groups in total. The molecule has 4 rings (SSSR count). The van der Waals surface area contributed by atoms with Crippen molar-refractivity contribution in [1.82, 2.24) is 4.90 Å². The number of hydrogen-bond donors (Lipinski definition) is 0. The summed E-state index contributed by atoms with van der Waals surface area (Å²) in [6, 6.07) is 25.1. The van der Waals surface area contributed by atoms with E-state index in [2.05, 4.69) is 0 Å². The molecule has 1 aliphatic heterocycles. The van der Waals surface area contributed by atoms with Crippen LogP contribution < -0.4 is 4.74 Å². The molecule has 0 aliphatic carbocycles. The van der Waals surface area contributed by atoms with Crippen molar-refractivity contribution < 1.29 is 23.8 Å². The maximum atomic E-state index is 13.2. The Morgan fingerprint density at radius 3 is 2.13 bits per heavy atom. The molecule has 3 aromatic carbocycles. The maximum Gasteiger partial charge on any atom is 0.343 e. The van der Waals surface area contributed by atoms with Crippen LogP contribution in [0.15, 0.2) is 84.9 Å². The van der Waals surface area contributed by atoms with E-state index < -0.39 is 12.1 Å². The standard InChI is InChI=1S/C25H23NO5/c27-24(26-15-17-29-18-16-26)23(19-9-3-1-4-10-19)31-25(28)21-13-7-8-14-22(21)30-20-11-5-2-6-12-20/h1-14,23H,15-18H2/t23-/m1/s1. The molecule has 0 radical (unpaired) electrons. The summed E-state index contributed by atoms with van der Waals surface area (Å²) in [5, 5.41) is 0. The monoisotopic (exact) mass is 417 g/mol. The predicted molar refractivity (Wildman–Crippen MR) is 115 cm³/mol. The van der Waals surface area contributed by atoms with Crippen LogP contribution in [0.4, 0.5) is 0 Å². The van der Waals surface area contributed by atoms with Crippen LogP contribution in [-0.2, 0) is 14.3 Å². The van der Waals surface area contributed by atoms with Crippen molar-refractivity contribution in [1.29, 1.82) is 0 Å². The van der Waals surface area contributed by atoms with Crippen molar-refractivity contribution in [3.8, 4) is 11.5 Å². The predicted octanol–water partition coefficient (Wildman–Crippen LogP) is 4.24. The van der Waals surface area contributed by atoms with Gasteiger partial charge in [0.05, 0.1) is 13.2 Å². The van der Waals surface area contributed by atoms with Crippen LogP contribution in [0.3, 0.4) is 0 Å². The van der Waals surface area contributed by atoms with E-state index in [1.165, 1.54) is 0 Å². The number of para-hydroxylation sites is 2. The van der Waals surface area contributed by atoms with Gasteiger partial charge in [-0.3, -0.25) is 4.79 Å². The molecule has 3 aromatic rings. The van der Waals surface area contributed by atoms with Crippen molar-refractivity contribution in [2.45, 2.75) is 6.10 Å². The van der Waals surface area contributed by atoms with Crippen LogP contribution >= 0.6 is 0 Å². The lowest BCUT2D eigenvalue weighted by Gasteiger charge is -2.30. The molecule has 1 heterocycles. The first kappa shape index (κ1) is 20.6. The van der Waals surface area contributed by atoms with Crippen molar-refractivity contribution in [2.75, 3.05) is 26.3 Å². The Balaban J connectivity index is 1.59. The lowest BCUT2D eigenvalue weighted by molar-refractivity contribution is -0.145. The summed E-state index contributed by atoms with van der Waals surface area (Å²) >= 11 is 0. The smallest absolute Gasteiger partial charge is 0.343 e. The highest BCUT2D eigenvalue weighted by Gasteiger charge is 2.31. The van der Waals surface area contributed by atoms with Crippen LogP contribution in [0.1, 0.15) is 22.0 Å². The highest BCUT2D eigenvalue weighted by molar-refractivity contribution is 5.95. The molecule has 1 saturated heterocycles. The number of esters is 1. The fourth-order valence-electron chi connectivity index (χ4n) is 3.35. The number of ether oxygens (including phenoxy) is 3. The topological polar surface area (TPSA) is 65.1 Å². The van der Waals surface area contributed by atoms with Crippen molar-refractivity contribution in [2.24, 2.45) is 0 Å². The van der Waals surface area contributed by atoms with E-state index in [-0.39, 0.29) is 11.5 Å². The maximum absolute atomic E-state index is 13.2. The number of nitrogens with zero attached hydrogens (tertiary/aromatic N) is 1. The van der Waals surface area contributed by atoms with Crippen LogP contribution in [-0.4, -0.2) is 43.1 Å². The number of morpholine rings is 1. The van der Waals surface area contributed by atoms with Gasteiger partial charge in [0.2, 0.25) is 6.10 Å². The zero-order chi connectivity index (χ0) is 21.5. The normalized spacial score (nSPS) is 14.5. The molecule has 1 fully saturated rings. The zero-order valence-corrected chi connectivity index (χ0v) is 17.0. The van der Waals surface area contributed by atoms with E-state index in [9.17, 15) is 9.59 Å². The molecule has 158 valence electrons. The first-order chi connectivity index (χ1) is 15.2. The highest BCUT2D eigenvalue weighted by Crippen LogP contribution is 2.28. The fraction of sp³-hybridized carbons (Fsp3) is 0.200. The van der Waals surface area contributed by atoms with Gasteiger partial charge in [0.15, 0.2) is 0 Å². The molecule has 0 bridgehead atoms. The minimum atomic E-state index is -1.04. The summed E-state index contributed by atoms with van der Waals surface area (Å²) in [6.45, 7) is 1.87. The molecule has 1 atom stereocenters. The summed E-state index contributed by atoms with van der Waals surface area (Å²) in [6.07, 6.45) is -1.04. The second kappa shape index (κ2) is 9.91. The van der Waals surface area contributed by atoms with Gasteiger partial charge in [-0.15, -0.1) is 0 Å². The summed E-state index contributed by atoms with van der Waals surface area (Å²) in [5.41, 5.74) is 0.871. The fourth-order valence-corrected chi connectivity index (χ4v) is 3.35. The summed E-state index contributed by atoms with van der Waals surface area (Å²) in [7, 11) is 0. The molecule has 1 amide bonds. The van der Waals surface area contributed by atoms with Gasteiger partial charge in [0.25, 0.3) is 5.91 Å². The first-order valence-corrected chi connectivity index (χ1v) is 10.2. The summed E-state index contributed by atoms with van der Waals surface area (Å²) in [5.74, 6) is 0.0855. The van der Waals surface area contributed by atoms with E-state index in [1.807, 2.05) is 36.4 Å². The number of carbonyl (C=O) groups is 2. The third kappa shape index (κ3) is 5.10. The van der Waals surface area contributed by atoms with Gasteiger partial charge >= 0.3 is 5.97 Å². The van der Waals surface area contributed by atoms with Crippen molar-refractivity contribution in [3.63, 3.8) is 0 Å². The Bertz CT molecular complexity index is 1020. The Labute approximate surface area is 181 Å². The van der Waals surface area contributed by atoms with Gasteiger partial charge < -0.3 is 19.1 Å². The molecule has 6 heteroatoms. The van der Waals surface area contributed by atoms with Gasteiger partial charge in [0, 0.05) is 18.7 Å². The van der Waals surface area contributed by atoms with E-state index >= 15 is 0 Å². The first-order valence-electron chi connectivity index (χ1n) is 10.2. The highest BCUT2D eigenvalue weighted by atomic mass is 16.6. The van der Waals surface area contributed by atoms with E-state index in [1.54, 1.807) is 53.4 Å². The van der Waals surface area contributed by atoms with Gasteiger partial charge in [-0.1, -0.05) is 60.7 Å². The van der Waals surface area contributed by atoms with Gasteiger partial charge in [0.1, 0.15) is 17.1 Å². The number of amides is 1. The molecule has 6 nitrogen and oxygen atoms in total. The lowest BCUT2D eigenvalue weighted by Crippen LogP contribution is -2.44. The Hall–Kier alpha value is -3.64. The zero-order valence-electron chi connectivity index (χ0n) is 17.0. The van der Waals surface area contributed by atoms with Crippen LogP contribution in [0.2, 0.25) is 0 Å². The average molecular weight is 417 g/mol. The number of rotatable bonds is 6. The van der Waals surface area contributed by atoms with Gasteiger partial charge in [-0.2, -0.15) is 0 Å². The average Bonchev–Trinajstić information content (AvgIpc) is 2.84. The Morgan fingerprint density at radius 1 is 0.806 bits per heavy atom. The minimum Gasteiger partial charge on any atom is -0.456 e. The third-order valence-corrected chi connectivity index (χ3v) is 4.95. The molecule has 0 spiro atoms. The third-order valence-electron chi connectivity index (χ3n) is 4.95. The van der Waals surface area contributed by atoms with Crippen LogP contribution in [0, 0.1) is 0 Å². The second-order valence-corrected chi connectivity index (χ2v) is 7.04. The SMILES string of the molecule is O=C(O[C@@H](C(=O)N1CCOCC1)c1ccccc1)c1ccccc1Oc1ccccc1.